The molecule has 4 N–H and O–H groups in total. The van der Waals surface area contributed by atoms with Crippen LogP contribution >= 0.6 is 11.3 Å². The highest BCUT2D eigenvalue weighted by molar-refractivity contribution is 7.10. The third-order valence-corrected chi connectivity index (χ3v) is 3.71. The quantitative estimate of drug-likeness (QED) is 0.349. The second kappa shape index (κ2) is 6.21. The summed E-state index contributed by atoms with van der Waals surface area (Å²) in [6.07, 6.45) is 0.338. The fraction of sp³-hybridized carbons (Fsp3) is 0.143. The molecule has 2 rings (SSSR count). The van der Waals surface area contributed by atoms with E-state index in [-0.39, 0.29) is 11.7 Å². The largest absolute Gasteiger partial charge is 0.409 e. The van der Waals surface area contributed by atoms with Crippen molar-refractivity contribution in [2.45, 2.75) is 13.3 Å². The van der Waals surface area contributed by atoms with Gasteiger partial charge in [-0.3, -0.25) is 4.79 Å². The van der Waals surface area contributed by atoms with Gasteiger partial charge in [0.2, 0.25) is 5.91 Å². The van der Waals surface area contributed by atoms with Gasteiger partial charge in [-0.15, -0.1) is 11.3 Å². The van der Waals surface area contributed by atoms with E-state index in [1.54, 1.807) is 23.5 Å². The Morgan fingerprint density at radius 1 is 1.45 bits per heavy atom. The van der Waals surface area contributed by atoms with E-state index >= 15 is 0 Å². The van der Waals surface area contributed by atoms with Crippen molar-refractivity contribution in [3.8, 4) is 0 Å². The zero-order chi connectivity index (χ0) is 14.5. The molecule has 0 unspecified atom stereocenters. The van der Waals surface area contributed by atoms with Crippen LogP contribution in [0.15, 0.2) is 40.9 Å². The molecule has 0 atom stereocenters. The zero-order valence-electron chi connectivity index (χ0n) is 11.0. The van der Waals surface area contributed by atoms with Gasteiger partial charge in [0, 0.05) is 16.1 Å². The molecule has 104 valence electrons. The first-order valence-corrected chi connectivity index (χ1v) is 6.89. The molecule has 0 fully saturated rings. The molecule has 6 heteroatoms. The molecule has 1 aromatic carbocycles. The number of anilines is 1. The van der Waals surface area contributed by atoms with Gasteiger partial charge in [-0.1, -0.05) is 23.4 Å². The average Bonchev–Trinajstić information content (AvgIpc) is 2.93. The number of amidine groups is 1. The predicted molar refractivity (Wildman–Crippen MR) is 80.3 cm³/mol. The summed E-state index contributed by atoms with van der Waals surface area (Å²) in [5, 5.41) is 16.4. The van der Waals surface area contributed by atoms with Crippen molar-refractivity contribution in [2.24, 2.45) is 10.9 Å². The summed E-state index contributed by atoms with van der Waals surface area (Å²) in [7, 11) is 0. The Morgan fingerprint density at radius 3 is 2.90 bits per heavy atom. The molecule has 0 aliphatic heterocycles. The summed E-state index contributed by atoms with van der Waals surface area (Å²) in [6, 6.07) is 9.08. The second-order valence-electron chi connectivity index (χ2n) is 4.32. The number of hydrogen-bond donors (Lipinski definition) is 3. The number of benzene rings is 1. The van der Waals surface area contributed by atoms with Gasteiger partial charge >= 0.3 is 0 Å². The lowest BCUT2D eigenvalue weighted by atomic mass is 10.1. The number of rotatable bonds is 4. The van der Waals surface area contributed by atoms with Crippen LogP contribution in [0, 0.1) is 6.92 Å². The van der Waals surface area contributed by atoms with Crippen LogP contribution in [-0.2, 0) is 11.2 Å². The average molecular weight is 289 g/mol. The molecule has 2 aromatic rings. The Hall–Kier alpha value is -2.34. The number of oxime groups is 1. The maximum atomic E-state index is 12.0. The Bertz CT molecular complexity index is 636. The van der Waals surface area contributed by atoms with Crippen LogP contribution in [0.1, 0.15) is 16.0 Å². The van der Waals surface area contributed by atoms with Crippen LogP contribution in [0.5, 0.6) is 0 Å². The maximum Gasteiger partial charge on any atom is 0.229 e. The highest BCUT2D eigenvalue weighted by Crippen LogP contribution is 2.18. The summed E-state index contributed by atoms with van der Waals surface area (Å²) < 4.78 is 0. The number of carbonyl (C=O) groups excluding carboxylic acids is 1. The van der Waals surface area contributed by atoms with Crippen molar-refractivity contribution >= 4 is 28.8 Å². The van der Waals surface area contributed by atoms with Crippen molar-refractivity contribution in [3.63, 3.8) is 0 Å². The van der Waals surface area contributed by atoms with E-state index in [0.29, 0.717) is 17.7 Å². The van der Waals surface area contributed by atoms with E-state index in [4.69, 9.17) is 10.9 Å². The van der Waals surface area contributed by atoms with E-state index in [9.17, 15) is 4.79 Å². The normalized spacial score (nSPS) is 11.3. The molecule has 0 aliphatic rings. The van der Waals surface area contributed by atoms with Gasteiger partial charge in [0.05, 0.1) is 6.42 Å². The number of nitrogens with zero attached hydrogens (tertiary/aromatic N) is 1. The van der Waals surface area contributed by atoms with Crippen molar-refractivity contribution < 1.29 is 10.0 Å². The highest BCUT2D eigenvalue weighted by Gasteiger charge is 2.09. The van der Waals surface area contributed by atoms with Crippen molar-refractivity contribution in [1.29, 1.82) is 0 Å². The number of nitrogens with one attached hydrogen (secondary N) is 1. The van der Waals surface area contributed by atoms with Crippen LogP contribution in [-0.4, -0.2) is 17.0 Å². The minimum Gasteiger partial charge on any atom is -0.409 e. The molecule has 1 aromatic heterocycles. The lowest BCUT2D eigenvalue weighted by molar-refractivity contribution is -0.115. The summed E-state index contributed by atoms with van der Waals surface area (Å²) in [5.41, 5.74) is 7.68. The monoisotopic (exact) mass is 289 g/mol. The topological polar surface area (TPSA) is 87.7 Å². The minimum atomic E-state index is -0.0905. The molecule has 20 heavy (non-hydrogen) atoms. The molecule has 0 saturated carbocycles. The van der Waals surface area contributed by atoms with Crippen LogP contribution < -0.4 is 11.1 Å². The molecular formula is C14H15N3O2S. The van der Waals surface area contributed by atoms with Gasteiger partial charge in [-0.2, -0.15) is 0 Å². The Morgan fingerprint density at radius 2 is 2.25 bits per heavy atom. The Kier molecular flexibility index (Phi) is 4.37. The van der Waals surface area contributed by atoms with Gasteiger partial charge < -0.3 is 16.3 Å². The van der Waals surface area contributed by atoms with Crippen LogP contribution in [0.2, 0.25) is 0 Å². The van der Waals surface area contributed by atoms with E-state index < -0.39 is 0 Å². The van der Waals surface area contributed by atoms with Gasteiger partial charge in [-0.05, 0) is 30.0 Å². The lowest BCUT2D eigenvalue weighted by Gasteiger charge is -2.09. The zero-order valence-corrected chi connectivity index (χ0v) is 11.8. The number of hydrogen-bond acceptors (Lipinski definition) is 4. The number of nitrogens with two attached hydrogens (primary N) is 1. The molecule has 0 radical (unpaired) electrons. The molecule has 0 saturated heterocycles. The Balaban J connectivity index is 2.14. The number of thiophene rings is 1. The summed E-state index contributed by atoms with van der Waals surface area (Å²) >= 11 is 1.54. The number of carbonyl (C=O) groups is 1. The van der Waals surface area contributed by atoms with Crippen molar-refractivity contribution in [1.82, 2.24) is 0 Å². The summed E-state index contributed by atoms with van der Waals surface area (Å²) in [6.45, 7) is 1.89. The minimum absolute atomic E-state index is 0.0127. The molecular weight excluding hydrogens is 274 g/mol. The van der Waals surface area contributed by atoms with Gasteiger partial charge in [-0.25, -0.2) is 0 Å². The van der Waals surface area contributed by atoms with Gasteiger partial charge in [0.1, 0.15) is 0 Å². The number of aryl methyl sites for hydroxylation is 1. The molecule has 0 aliphatic carbocycles. The third-order valence-electron chi connectivity index (χ3n) is 2.83. The molecule has 5 nitrogen and oxygen atoms in total. The van der Waals surface area contributed by atoms with Crippen LogP contribution in [0.3, 0.4) is 0 Å². The third kappa shape index (κ3) is 3.36. The SMILES string of the molecule is Cc1ccc(C(N)=NO)cc1NC(=O)Cc1cccs1. The first-order valence-electron chi connectivity index (χ1n) is 6.01. The second-order valence-corrected chi connectivity index (χ2v) is 5.35. The first-order chi connectivity index (χ1) is 9.60. The summed E-state index contributed by atoms with van der Waals surface area (Å²) in [5.74, 6) is -0.0778. The van der Waals surface area contributed by atoms with Crippen LogP contribution in [0.25, 0.3) is 0 Å². The highest BCUT2D eigenvalue weighted by atomic mass is 32.1. The number of amides is 1. The van der Waals surface area contributed by atoms with Gasteiger partial charge in [0.25, 0.3) is 0 Å². The fourth-order valence-corrected chi connectivity index (χ4v) is 2.44. The molecule has 0 bridgehead atoms. The van der Waals surface area contributed by atoms with E-state index in [1.165, 1.54) is 0 Å². The van der Waals surface area contributed by atoms with E-state index in [1.807, 2.05) is 30.5 Å². The summed E-state index contributed by atoms with van der Waals surface area (Å²) in [4.78, 5) is 13.0. The standard InChI is InChI=1S/C14H15N3O2S/c1-9-4-5-10(14(15)17-19)7-12(9)16-13(18)8-11-3-2-6-20-11/h2-7,19H,8H2,1H3,(H2,15,17)(H,16,18). The van der Waals surface area contributed by atoms with E-state index in [2.05, 4.69) is 10.5 Å². The van der Waals surface area contributed by atoms with Crippen LogP contribution in [0.4, 0.5) is 5.69 Å². The first kappa shape index (κ1) is 14.1. The fourth-order valence-electron chi connectivity index (χ4n) is 1.74. The molecule has 1 heterocycles. The Labute approximate surface area is 120 Å². The van der Waals surface area contributed by atoms with E-state index in [0.717, 1.165) is 10.4 Å². The maximum absolute atomic E-state index is 12.0. The van der Waals surface area contributed by atoms with Gasteiger partial charge in [0.15, 0.2) is 5.84 Å². The smallest absolute Gasteiger partial charge is 0.229 e. The molecule has 1 amide bonds. The van der Waals surface area contributed by atoms with Crippen molar-refractivity contribution in [3.05, 3.63) is 51.7 Å². The van der Waals surface area contributed by atoms with Crippen molar-refractivity contribution in [2.75, 3.05) is 5.32 Å². The molecule has 0 spiro atoms. The lowest BCUT2D eigenvalue weighted by Crippen LogP contribution is -2.17. The predicted octanol–water partition coefficient (Wildman–Crippen LogP) is 2.33.